The van der Waals surface area contributed by atoms with Crippen molar-refractivity contribution in [2.45, 2.75) is 0 Å². The van der Waals surface area contributed by atoms with Gasteiger partial charge in [0, 0.05) is 6.07 Å². The van der Waals surface area contributed by atoms with Crippen LogP contribution in [0.5, 0.6) is 17.2 Å². The SMILES string of the molecule is Oc1cccc(Oc2cnn(-c3ccccc3)c2)c1. The number of hydrogen-bond acceptors (Lipinski definition) is 3. The van der Waals surface area contributed by atoms with Crippen LogP contribution < -0.4 is 4.74 Å². The average Bonchev–Trinajstić information content (AvgIpc) is 2.88. The summed E-state index contributed by atoms with van der Waals surface area (Å²) in [5.41, 5.74) is 0.966. The van der Waals surface area contributed by atoms with E-state index in [0.29, 0.717) is 11.5 Å². The summed E-state index contributed by atoms with van der Waals surface area (Å²) in [7, 11) is 0. The van der Waals surface area contributed by atoms with Gasteiger partial charge in [-0.1, -0.05) is 24.3 Å². The summed E-state index contributed by atoms with van der Waals surface area (Å²) in [4.78, 5) is 0. The molecule has 0 atom stereocenters. The van der Waals surface area contributed by atoms with Crippen LogP contribution in [-0.4, -0.2) is 14.9 Å². The normalized spacial score (nSPS) is 10.3. The zero-order chi connectivity index (χ0) is 13.1. The van der Waals surface area contributed by atoms with Crippen molar-refractivity contribution in [1.82, 2.24) is 9.78 Å². The molecule has 3 rings (SSSR count). The quantitative estimate of drug-likeness (QED) is 0.777. The van der Waals surface area contributed by atoms with Crippen LogP contribution in [0.15, 0.2) is 67.0 Å². The fourth-order valence-electron chi connectivity index (χ4n) is 1.76. The fraction of sp³-hybridized carbons (Fsp3) is 0. The number of aromatic nitrogens is 2. The number of para-hydroxylation sites is 1. The van der Waals surface area contributed by atoms with Crippen LogP contribution in [0, 0.1) is 0 Å². The fourth-order valence-corrected chi connectivity index (χ4v) is 1.76. The molecule has 0 fully saturated rings. The minimum atomic E-state index is 0.174. The van der Waals surface area contributed by atoms with Crippen molar-refractivity contribution < 1.29 is 9.84 Å². The number of phenols is 1. The van der Waals surface area contributed by atoms with Crippen LogP contribution in [-0.2, 0) is 0 Å². The Balaban J connectivity index is 1.82. The molecular formula is C15H12N2O2. The highest BCUT2D eigenvalue weighted by atomic mass is 16.5. The molecule has 1 aromatic heterocycles. The highest BCUT2D eigenvalue weighted by molar-refractivity contribution is 5.36. The lowest BCUT2D eigenvalue weighted by atomic mass is 10.3. The van der Waals surface area contributed by atoms with Gasteiger partial charge in [0.1, 0.15) is 11.5 Å². The van der Waals surface area contributed by atoms with Gasteiger partial charge in [0.25, 0.3) is 0 Å². The Morgan fingerprint density at radius 3 is 2.58 bits per heavy atom. The van der Waals surface area contributed by atoms with Crippen LogP contribution in [0.3, 0.4) is 0 Å². The molecule has 0 amide bonds. The van der Waals surface area contributed by atoms with E-state index < -0.39 is 0 Å². The molecule has 0 aliphatic heterocycles. The van der Waals surface area contributed by atoms with Crippen LogP contribution in [0.1, 0.15) is 0 Å². The standard InChI is InChI=1S/C15H12N2O2/c18-13-7-4-8-14(9-13)19-15-10-16-17(11-15)12-5-2-1-3-6-12/h1-11,18H. The van der Waals surface area contributed by atoms with Gasteiger partial charge in [-0.05, 0) is 24.3 Å². The summed E-state index contributed by atoms with van der Waals surface area (Å²) >= 11 is 0. The molecule has 0 aliphatic rings. The monoisotopic (exact) mass is 252 g/mol. The lowest BCUT2D eigenvalue weighted by Gasteiger charge is -2.02. The van der Waals surface area contributed by atoms with Gasteiger partial charge in [-0.3, -0.25) is 0 Å². The molecule has 0 unspecified atom stereocenters. The lowest BCUT2D eigenvalue weighted by molar-refractivity contribution is 0.455. The zero-order valence-corrected chi connectivity index (χ0v) is 10.1. The molecule has 94 valence electrons. The first-order valence-electron chi connectivity index (χ1n) is 5.88. The molecule has 2 aromatic carbocycles. The van der Waals surface area contributed by atoms with Crippen molar-refractivity contribution >= 4 is 0 Å². The number of nitrogens with zero attached hydrogens (tertiary/aromatic N) is 2. The van der Waals surface area contributed by atoms with Crippen molar-refractivity contribution in [2.75, 3.05) is 0 Å². The van der Waals surface area contributed by atoms with Gasteiger partial charge in [0.15, 0.2) is 5.75 Å². The van der Waals surface area contributed by atoms with Gasteiger partial charge in [-0.25, -0.2) is 4.68 Å². The molecule has 4 nitrogen and oxygen atoms in total. The van der Waals surface area contributed by atoms with Gasteiger partial charge in [0.05, 0.1) is 18.1 Å². The number of aromatic hydroxyl groups is 1. The Kier molecular flexibility index (Phi) is 2.90. The highest BCUT2D eigenvalue weighted by Gasteiger charge is 2.03. The highest BCUT2D eigenvalue weighted by Crippen LogP contribution is 2.24. The van der Waals surface area contributed by atoms with Crippen molar-refractivity contribution in [1.29, 1.82) is 0 Å². The smallest absolute Gasteiger partial charge is 0.165 e. The van der Waals surface area contributed by atoms with E-state index in [1.54, 1.807) is 41.3 Å². The van der Waals surface area contributed by atoms with E-state index in [-0.39, 0.29) is 5.75 Å². The summed E-state index contributed by atoms with van der Waals surface area (Å²) in [5, 5.41) is 13.6. The molecule has 1 N–H and O–H groups in total. The van der Waals surface area contributed by atoms with Crippen LogP contribution in [0.2, 0.25) is 0 Å². The maximum absolute atomic E-state index is 9.37. The predicted octanol–water partition coefficient (Wildman–Crippen LogP) is 3.37. The first-order chi connectivity index (χ1) is 9.31. The summed E-state index contributed by atoms with van der Waals surface area (Å²) in [6, 6.07) is 16.4. The summed E-state index contributed by atoms with van der Waals surface area (Å²) < 4.78 is 7.35. The van der Waals surface area contributed by atoms with Gasteiger partial charge < -0.3 is 9.84 Å². The average molecular weight is 252 g/mol. The molecule has 0 radical (unpaired) electrons. The van der Waals surface area contributed by atoms with E-state index in [9.17, 15) is 5.11 Å². The van der Waals surface area contributed by atoms with Gasteiger partial charge in [-0.2, -0.15) is 5.10 Å². The van der Waals surface area contributed by atoms with Crippen molar-refractivity contribution in [3.63, 3.8) is 0 Å². The second kappa shape index (κ2) is 4.86. The molecule has 0 saturated carbocycles. The summed E-state index contributed by atoms with van der Waals surface area (Å²) in [5.74, 6) is 1.37. The maximum Gasteiger partial charge on any atom is 0.165 e. The van der Waals surface area contributed by atoms with Crippen molar-refractivity contribution in [3.8, 4) is 22.9 Å². The Morgan fingerprint density at radius 1 is 0.947 bits per heavy atom. The van der Waals surface area contributed by atoms with E-state index in [4.69, 9.17) is 4.74 Å². The molecule has 4 heteroatoms. The Bertz CT molecular complexity index is 677. The largest absolute Gasteiger partial charge is 0.508 e. The van der Waals surface area contributed by atoms with Gasteiger partial charge in [-0.15, -0.1) is 0 Å². The summed E-state index contributed by atoms with van der Waals surface area (Å²) in [6.07, 6.45) is 3.43. The van der Waals surface area contributed by atoms with Crippen LogP contribution in [0.25, 0.3) is 5.69 Å². The third-order valence-corrected chi connectivity index (χ3v) is 2.63. The first kappa shape index (κ1) is 11.3. The molecule has 3 aromatic rings. The molecule has 1 heterocycles. The molecule has 0 spiro atoms. The molecule has 19 heavy (non-hydrogen) atoms. The molecular weight excluding hydrogens is 240 g/mol. The predicted molar refractivity (Wildman–Crippen MR) is 71.7 cm³/mol. The van der Waals surface area contributed by atoms with Crippen molar-refractivity contribution in [2.24, 2.45) is 0 Å². The Morgan fingerprint density at radius 2 is 1.79 bits per heavy atom. The molecule has 0 aliphatic carbocycles. The second-order valence-corrected chi connectivity index (χ2v) is 4.06. The third kappa shape index (κ3) is 2.57. The first-order valence-corrected chi connectivity index (χ1v) is 5.88. The van der Waals surface area contributed by atoms with Gasteiger partial charge >= 0.3 is 0 Å². The van der Waals surface area contributed by atoms with E-state index in [2.05, 4.69) is 5.10 Å². The van der Waals surface area contributed by atoms with Gasteiger partial charge in [0.2, 0.25) is 0 Å². The number of phenolic OH excluding ortho intramolecular Hbond substituents is 1. The lowest BCUT2D eigenvalue weighted by Crippen LogP contribution is -1.92. The van der Waals surface area contributed by atoms with Crippen LogP contribution in [0.4, 0.5) is 0 Å². The molecule has 0 saturated heterocycles. The minimum absolute atomic E-state index is 0.174. The van der Waals surface area contributed by atoms with Crippen LogP contribution >= 0.6 is 0 Å². The van der Waals surface area contributed by atoms with E-state index in [1.807, 2.05) is 30.3 Å². The summed E-state index contributed by atoms with van der Waals surface area (Å²) in [6.45, 7) is 0. The number of benzene rings is 2. The number of hydrogen-bond donors (Lipinski definition) is 1. The number of rotatable bonds is 3. The minimum Gasteiger partial charge on any atom is -0.508 e. The third-order valence-electron chi connectivity index (χ3n) is 2.63. The van der Waals surface area contributed by atoms with E-state index >= 15 is 0 Å². The Labute approximate surface area is 110 Å². The molecule has 0 bridgehead atoms. The number of ether oxygens (including phenoxy) is 1. The van der Waals surface area contributed by atoms with E-state index in [1.165, 1.54) is 0 Å². The second-order valence-electron chi connectivity index (χ2n) is 4.06. The zero-order valence-electron chi connectivity index (χ0n) is 10.1. The maximum atomic E-state index is 9.37. The van der Waals surface area contributed by atoms with Crippen molar-refractivity contribution in [3.05, 3.63) is 67.0 Å². The topological polar surface area (TPSA) is 47.3 Å². The van der Waals surface area contributed by atoms with E-state index in [0.717, 1.165) is 5.69 Å². The Hall–Kier alpha value is -2.75.